The van der Waals surface area contributed by atoms with Gasteiger partial charge in [0.05, 0.1) is 28.7 Å². The molecule has 0 unspecified atom stereocenters. The molecule has 6 rings (SSSR count). The zero-order valence-corrected chi connectivity index (χ0v) is 26.3. The molecule has 11 heteroatoms. The number of anilines is 1. The number of hydrogen-bond acceptors (Lipinski definition) is 7. The van der Waals surface area contributed by atoms with Crippen LogP contribution in [0.3, 0.4) is 0 Å². The minimum Gasteiger partial charge on any atom is -0.457 e. The van der Waals surface area contributed by atoms with Crippen molar-refractivity contribution in [2.45, 2.75) is 25.8 Å². The highest BCUT2D eigenvalue weighted by molar-refractivity contribution is 6.13. The average molecular weight is 620 g/mol. The number of aromatic amines is 1. The lowest BCUT2D eigenvalue weighted by molar-refractivity contribution is 0.0707. The van der Waals surface area contributed by atoms with Crippen LogP contribution in [-0.4, -0.2) is 82.4 Å². The predicted molar refractivity (Wildman–Crippen MR) is 177 cm³/mol. The van der Waals surface area contributed by atoms with Crippen molar-refractivity contribution in [1.82, 2.24) is 29.9 Å². The van der Waals surface area contributed by atoms with Crippen LogP contribution < -0.4 is 15.8 Å². The van der Waals surface area contributed by atoms with Crippen molar-refractivity contribution in [3.63, 3.8) is 0 Å². The molecule has 236 valence electrons. The number of amides is 2. The first-order valence-corrected chi connectivity index (χ1v) is 15.2. The number of H-pyrrole nitrogens is 1. The number of carbonyl (C=O) groups is 3. The van der Waals surface area contributed by atoms with Crippen molar-refractivity contribution in [2.24, 2.45) is 0 Å². The second-order valence-electron chi connectivity index (χ2n) is 11.8. The fourth-order valence-corrected chi connectivity index (χ4v) is 5.84. The van der Waals surface area contributed by atoms with Crippen molar-refractivity contribution in [2.75, 3.05) is 40.0 Å². The number of carbonyl (C=O) groups excluding carboxylic acids is 3. The fraction of sp³-hybridized carbons (Fsp3) is 0.257. The number of ketones is 1. The number of likely N-dealkylation sites (tertiary alicyclic amines) is 1. The summed E-state index contributed by atoms with van der Waals surface area (Å²) in [5.41, 5.74) is 10.4. The number of para-hydroxylation sites is 1. The molecule has 0 bridgehead atoms. The van der Waals surface area contributed by atoms with E-state index in [1.807, 2.05) is 43.1 Å². The number of aromatic nitrogens is 3. The number of ether oxygens (including phenoxy) is 1. The van der Waals surface area contributed by atoms with E-state index in [1.54, 1.807) is 56.6 Å². The van der Waals surface area contributed by atoms with E-state index in [9.17, 15) is 14.4 Å². The minimum atomic E-state index is -0.304. The van der Waals surface area contributed by atoms with Crippen LogP contribution in [0.1, 0.15) is 55.2 Å². The summed E-state index contributed by atoms with van der Waals surface area (Å²) >= 11 is 0. The lowest BCUT2D eigenvalue weighted by Gasteiger charge is -2.31. The Hall–Kier alpha value is -5.42. The molecule has 1 aliphatic heterocycles. The van der Waals surface area contributed by atoms with Crippen LogP contribution in [0.15, 0.2) is 72.9 Å². The van der Waals surface area contributed by atoms with Gasteiger partial charge in [-0.25, -0.2) is 4.68 Å². The van der Waals surface area contributed by atoms with Gasteiger partial charge in [0.25, 0.3) is 11.8 Å². The first-order chi connectivity index (χ1) is 22.1. The topological polar surface area (TPSA) is 139 Å². The molecule has 3 aromatic carbocycles. The number of benzene rings is 3. The van der Waals surface area contributed by atoms with Crippen molar-refractivity contribution < 1.29 is 19.1 Å². The Balaban J connectivity index is 1.20. The largest absolute Gasteiger partial charge is 0.457 e. The first kappa shape index (κ1) is 30.6. The Labute approximate surface area is 266 Å². The van der Waals surface area contributed by atoms with Gasteiger partial charge in [0.2, 0.25) is 5.78 Å². The van der Waals surface area contributed by atoms with E-state index in [1.165, 1.54) is 15.8 Å². The van der Waals surface area contributed by atoms with Crippen molar-refractivity contribution in [3.8, 4) is 17.2 Å². The van der Waals surface area contributed by atoms with Gasteiger partial charge in [-0.3, -0.25) is 14.4 Å². The number of fused-ring (bicyclic) bond motifs is 1. The molecule has 0 spiro atoms. The molecule has 2 aromatic heterocycles. The van der Waals surface area contributed by atoms with E-state index in [0.29, 0.717) is 53.1 Å². The Morgan fingerprint density at radius 1 is 1.00 bits per heavy atom. The molecule has 1 aliphatic rings. The number of nitrogen functional groups attached to an aromatic ring is 1. The van der Waals surface area contributed by atoms with E-state index in [4.69, 9.17) is 10.5 Å². The maximum absolute atomic E-state index is 13.6. The van der Waals surface area contributed by atoms with Crippen LogP contribution in [0.5, 0.6) is 11.5 Å². The van der Waals surface area contributed by atoms with Gasteiger partial charge in [0.1, 0.15) is 17.3 Å². The molecule has 0 aliphatic carbocycles. The lowest BCUT2D eigenvalue weighted by atomic mass is 10.0. The molecule has 11 nitrogen and oxygen atoms in total. The van der Waals surface area contributed by atoms with Gasteiger partial charge in [0.15, 0.2) is 0 Å². The Morgan fingerprint density at radius 3 is 2.48 bits per heavy atom. The summed E-state index contributed by atoms with van der Waals surface area (Å²) in [4.78, 5) is 45.9. The summed E-state index contributed by atoms with van der Waals surface area (Å²) in [6.07, 6.45) is 3.31. The average Bonchev–Trinajstić information content (AvgIpc) is 3.67. The molecule has 1 saturated heterocycles. The Morgan fingerprint density at radius 2 is 1.76 bits per heavy atom. The van der Waals surface area contributed by atoms with Crippen LogP contribution >= 0.6 is 0 Å². The quantitative estimate of drug-likeness (QED) is 0.212. The summed E-state index contributed by atoms with van der Waals surface area (Å²) in [5, 5.41) is 8.48. The number of nitrogens with zero attached hydrogens (tertiary/aromatic N) is 4. The zero-order valence-electron chi connectivity index (χ0n) is 26.3. The van der Waals surface area contributed by atoms with Gasteiger partial charge in [-0.2, -0.15) is 5.10 Å². The van der Waals surface area contributed by atoms with Gasteiger partial charge in [-0.05, 0) is 87.0 Å². The minimum absolute atomic E-state index is 0.00546. The van der Waals surface area contributed by atoms with E-state index in [-0.39, 0.29) is 29.0 Å². The summed E-state index contributed by atoms with van der Waals surface area (Å²) < 4.78 is 7.61. The molecule has 46 heavy (non-hydrogen) atoms. The highest BCUT2D eigenvalue weighted by atomic mass is 16.5. The second kappa shape index (κ2) is 12.5. The lowest BCUT2D eigenvalue weighted by Crippen LogP contribution is -2.43. The van der Waals surface area contributed by atoms with Crippen molar-refractivity contribution in [1.29, 1.82) is 0 Å². The van der Waals surface area contributed by atoms with Crippen molar-refractivity contribution in [3.05, 3.63) is 101 Å². The van der Waals surface area contributed by atoms with Gasteiger partial charge >= 0.3 is 0 Å². The molecule has 0 atom stereocenters. The van der Waals surface area contributed by atoms with Crippen LogP contribution in [0.25, 0.3) is 16.6 Å². The predicted octanol–water partition coefficient (Wildman–Crippen LogP) is 4.79. The summed E-state index contributed by atoms with van der Waals surface area (Å²) in [6.45, 7) is 3.31. The Kier molecular flexibility index (Phi) is 8.33. The zero-order chi connectivity index (χ0) is 32.5. The summed E-state index contributed by atoms with van der Waals surface area (Å²) in [5.74, 6) is 0.721. The number of piperidine rings is 1. The number of rotatable bonds is 8. The normalized spacial score (nSPS) is 13.6. The van der Waals surface area contributed by atoms with Crippen LogP contribution in [-0.2, 0) is 0 Å². The summed E-state index contributed by atoms with van der Waals surface area (Å²) in [6, 6.07) is 20.1. The van der Waals surface area contributed by atoms with E-state index in [2.05, 4.69) is 15.4 Å². The second-order valence-corrected chi connectivity index (χ2v) is 11.8. The number of nitrogens with two attached hydrogens (primary N) is 1. The standard InChI is InChI=1S/C35H37N7O4/c1-21-17-25(46-31-8-6-5-7-26(31)35(45)40(3)4)10-12-30(21)42-33(36)27(20-38-42)32(43)29-19-23-18-22(9-11-28(23)39-29)34(44)41-15-13-24(37-2)14-16-41/h5-12,17-20,24,37,39H,13-16,36H2,1-4H3. The van der Waals surface area contributed by atoms with Crippen LogP contribution in [0, 0.1) is 6.92 Å². The smallest absolute Gasteiger partial charge is 0.257 e. The molecule has 3 heterocycles. The molecule has 0 saturated carbocycles. The molecule has 4 N–H and O–H groups in total. The molecule has 0 radical (unpaired) electrons. The third-order valence-corrected chi connectivity index (χ3v) is 8.50. The van der Waals surface area contributed by atoms with Crippen LogP contribution in [0.2, 0.25) is 0 Å². The van der Waals surface area contributed by atoms with E-state index >= 15 is 0 Å². The monoisotopic (exact) mass is 619 g/mol. The Bertz CT molecular complexity index is 1950. The third-order valence-electron chi connectivity index (χ3n) is 8.50. The maximum atomic E-state index is 13.6. The fourth-order valence-electron chi connectivity index (χ4n) is 5.84. The molecule has 2 amide bonds. The maximum Gasteiger partial charge on any atom is 0.257 e. The first-order valence-electron chi connectivity index (χ1n) is 15.2. The number of aryl methyl sites for hydroxylation is 1. The van der Waals surface area contributed by atoms with Gasteiger partial charge in [-0.15, -0.1) is 0 Å². The van der Waals surface area contributed by atoms with Crippen molar-refractivity contribution >= 4 is 34.3 Å². The highest BCUT2D eigenvalue weighted by Gasteiger charge is 2.24. The SMILES string of the molecule is CNC1CCN(C(=O)c2ccc3[nH]c(C(=O)c4cnn(-c5ccc(Oc6ccccc6C(=O)N(C)C)cc5C)c4N)cc3c2)CC1. The van der Waals surface area contributed by atoms with Gasteiger partial charge in [-0.1, -0.05) is 12.1 Å². The molecule has 1 fully saturated rings. The molecular formula is C35H37N7O4. The third kappa shape index (κ3) is 5.84. The number of hydrogen-bond donors (Lipinski definition) is 3. The van der Waals surface area contributed by atoms with E-state index < -0.39 is 0 Å². The molecular weight excluding hydrogens is 582 g/mol. The number of nitrogens with one attached hydrogen (secondary N) is 2. The van der Waals surface area contributed by atoms with Gasteiger partial charge < -0.3 is 30.6 Å². The van der Waals surface area contributed by atoms with Crippen LogP contribution in [0.4, 0.5) is 5.82 Å². The van der Waals surface area contributed by atoms with E-state index in [0.717, 1.165) is 29.3 Å². The molecule has 5 aromatic rings. The van der Waals surface area contributed by atoms with Gasteiger partial charge in [0, 0.05) is 49.7 Å². The highest BCUT2D eigenvalue weighted by Crippen LogP contribution is 2.30. The summed E-state index contributed by atoms with van der Waals surface area (Å²) in [7, 11) is 5.34.